The van der Waals surface area contributed by atoms with Crippen molar-refractivity contribution in [2.45, 2.75) is 0 Å². The molecule has 1 amide bonds. The van der Waals surface area contributed by atoms with Gasteiger partial charge in [0.2, 0.25) is 0 Å². The molecule has 0 aliphatic rings. The normalized spacial score (nSPS) is 10.0. The lowest BCUT2D eigenvalue weighted by atomic mass is 10.2. The molecule has 0 bridgehead atoms. The number of nitro benzene ring substituents is 1. The topological polar surface area (TPSA) is 90.7 Å². The lowest BCUT2D eigenvalue weighted by Gasteiger charge is -2.12. The number of hydrogen-bond donors (Lipinski definition) is 1. The van der Waals surface area contributed by atoms with Gasteiger partial charge in [0.1, 0.15) is 11.6 Å². The molecule has 2 rings (SSSR count). The summed E-state index contributed by atoms with van der Waals surface area (Å²) < 4.78 is 23.6. The average molecular weight is 320 g/mol. The number of ether oxygens (including phenoxy) is 2. The van der Waals surface area contributed by atoms with E-state index < -0.39 is 16.6 Å². The smallest absolute Gasteiger partial charge is 0.314 e. The molecule has 0 aromatic heterocycles. The summed E-state index contributed by atoms with van der Waals surface area (Å²) in [5, 5.41) is 13.4. The van der Waals surface area contributed by atoms with E-state index >= 15 is 0 Å². The van der Waals surface area contributed by atoms with E-state index in [1.165, 1.54) is 38.5 Å². The van der Waals surface area contributed by atoms with Crippen LogP contribution in [-0.4, -0.2) is 25.1 Å². The fourth-order valence-corrected chi connectivity index (χ4v) is 1.96. The van der Waals surface area contributed by atoms with Crippen molar-refractivity contribution in [1.29, 1.82) is 0 Å². The number of halogens is 1. The molecule has 23 heavy (non-hydrogen) atoms. The molecular formula is C15H13FN2O5. The monoisotopic (exact) mass is 320 g/mol. The molecule has 0 aliphatic heterocycles. The Kier molecular flexibility index (Phi) is 4.75. The quantitative estimate of drug-likeness (QED) is 0.675. The van der Waals surface area contributed by atoms with E-state index in [1.807, 2.05) is 0 Å². The van der Waals surface area contributed by atoms with Crippen LogP contribution >= 0.6 is 0 Å². The first-order valence-corrected chi connectivity index (χ1v) is 6.44. The molecule has 0 fully saturated rings. The fourth-order valence-electron chi connectivity index (χ4n) is 1.96. The Bertz CT molecular complexity index is 764. The molecule has 8 heteroatoms. The number of rotatable bonds is 5. The number of methoxy groups -OCH3 is 2. The van der Waals surface area contributed by atoms with Crippen LogP contribution in [0, 0.1) is 15.9 Å². The molecule has 2 aromatic carbocycles. The molecule has 7 nitrogen and oxygen atoms in total. The maximum absolute atomic E-state index is 13.6. The highest BCUT2D eigenvalue weighted by molar-refractivity contribution is 6.05. The van der Waals surface area contributed by atoms with Gasteiger partial charge < -0.3 is 14.8 Å². The molecule has 1 N–H and O–H groups in total. The zero-order valence-corrected chi connectivity index (χ0v) is 12.3. The van der Waals surface area contributed by atoms with Crippen molar-refractivity contribution in [3.05, 3.63) is 57.9 Å². The number of amides is 1. The van der Waals surface area contributed by atoms with E-state index in [9.17, 15) is 19.3 Å². The third kappa shape index (κ3) is 3.37. The van der Waals surface area contributed by atoms with Gasteiger partial charge >= 0.3 is 5.69 Å². The molecule has 0 spiro atoms. The van der Waals surface area contributed by atoms with Crippen LogP contribution < -0.4 is 14.8 Å². The summed E-state index contributed by atoms with van der Waals surface area (Å²) >= 11 is 0. The fraction of sp³-hybridized carbons (Fsp3) is 0.133. The van der Waals surface area contributed by atoms with Crippen LogP contribution in [0.15, 0.2) is 36.4 Å². The zero-order valence-electron chi connectivity index (χ0n) is 12.3. The highest BCUT2D eigenvalue weighted by Crippen LogP contribution is 2.37. The van der Waals surface area contributed by atoms with Gasteiger partial charge in [-0.2, -0.15) is 0 Å². The molecule has 120 valence electrons. The molecule has 0 saturated heterocycles. The highest BCUT2D eigenvalue weighted by atomic mass is 19.1. The van der Waals surface area contributed by atoms with Crippen LogP contribution in [0.2, 0.25) is 0 Å². The average Bonchev–Trinajstić information content (AvgIpc) is 2.54. The highest BCUT2D eigenvalue weighted by Gasteiger charge is 2.21. The van der Waals surface area contributed by atoms with Gasteiger partial charge in [0.25, 0.3) is 5.91 Å². The van der Waals surface area contributed by atoms with Gasteiger partial charge in [-0.25, -0.2) is 4.39 Å². The Morgan fingerprint density at radius 3 is 2.39 bits per heavy atom. The molecule has 0 aliphatic carbocycles. The third-order valence-electron chi connectivity index (χ3n) is 3.06. The van der Waals surface area contributed by atoms with Crippen molar-refractivity contribution < 1.29 is 23.6 Å². The van der Waals surface area contributed by atoms with Crippen molar-refractivity contribution >= 4 is 17.3 Å². The number of benzene rings is 2. The SMILES string of the molecule is COc1cc([N+](=O)[O-])c(OC)cc1NC(=O)c1ccccc1F. The van der Waals surface area contributed by atoms with Crippen LogP contribution in [-0.2, 0) is 0 Å². The number of anilines is 1. The first kappa shape index (κ1) is 16.2. The minimum Gasteiger partial charge on any atom is -0.494 e. The molecule has 0 atom stereocenters. The Balaban J connectivity index is 2.41. The summed E-state index contributed by atoms with van der Waals surface area (Å²) in [4.78, 5) is 22.5. The van der Waals surface area contributed by atoms with Crippen molar-refractivity contribution in [3.8, 4) is 11.5 Å². The van der Waals surface area contributed by atoms with Crippen LogP contribution in [0.1, 0.15) is 10.4 Å². The molecular weight excluding hydrogens is 307 g/mol. The van der Waals surface area contributed by atoms with E-state index in [0.29, 0.717) is 0 Å². The molecule has 0 radical (unpaired) electrons. The number of carbonyl (C=O) groups is 1. The standard InChI is InChI=1S/C15H13FN2O5/c1-22-13-8-12(18(20)21)14(23-2)7-11(13)17-15(19)9-5-3-4-6-10(9)16/h3-8H,1-2H3,(H,17,19). The van der Waals surface area contributed by atoms with E-state index in [4.69, 9.17) is 9.47 Å². The Morgan fingerprint density at radius 2 is 1.83 bits per heavy atom. The second-order valence-electron chi connectivity index (χ2n) is 4.42. The van der Waals surface area contributed by atoms with Gasteiger partial charge in [-0.15, -0.1) is 0 Å². The summed E-state index contributed by atoms with van der Waals surface area (Å²) in [6.45, 7) is 0. The van der Waals surface area contributed by atoms with Crippen LogP contribution in [0.25, 0.3) is 0 Å². The number of nitrogens with zero attached hydrogens (tertiary/aromatic N) is 1. The van der Waals surface area contributed by atoms with Gasteiger partial charge in [-0.1, -0.05) is 12.1 Å². The summed E-state index contributed by atoms with van der Waals surface area (Å²) in [7, 11) is 2.56. The maximum Gasteiger partial charge on any atom is 0.314 e. The van der Waals surface area contributed by atoms with E-state index in [2.05, 4.69) is 5.32 Å². The summed E-state index contributed by atoms with van der Waals surface area (Å²) in [5.41, 5.74) is -0.344. The van der Waals surface area contributed by atoms with Crippen LogP contribution in [0.3, 0.4) is 0 Å². The van der Waals surface area contributed by atoms with Crippen molar-refractivity contribution in [2.24, 2.45) is 0 Å². The lowest BCUT2D eigenvalue weighted by Crippen LogP contribution is -2.14. The molecule has 2 aromatic rings. The van der Waals surface area contributed by atoms with Crippen LogP contribution in [0.4, 0.5) is 15.8 Å². The van der Waals surface area contributed by atoms with Gasteiger partial charge in [0.05, 0.1) is 36.5 Å². The number of nitrogens with one attached hydrogen (secondary N) is 1. The first-order chi connectivity index (χ1) is 11.0. The predicted molar refractivity (Wildman–Crippen MR) is 80.6 cm³/mol. The van der Waals surface area contributed by atoms with Gasteiger partial charge in [-0.05, 0) is 12.1 Å². The van der Waals surface area contributed by atoms with E-state index in [-0.39, 0.29) is 28.4 Å². The number of nitro groups is 1. The minimum atomic E-state index is -0.711. The van der Waals surface area contributed by atoms with Gasteiger partial charge in [0.15, 0.2) is 5.75 Å². The first-order valence-electron chi connectivity index (χ1n) is 6.44. The third-order valence-corrected chi connectivity index (χ3v) is 3.06. The van der Waals surface area contributed by atoms with E-state index in [0.717, 1.165) is 12.1 Å². The van der Waals surface area contributed by atoms with Gasteiger partial charge in [0, 0.05) is 6.07 Å². The zero-order chi connectivity index (χ0) is 17.0. The Hall–Kier alpha value is -3.16. The predicted octanol–water partition coefficient (Wildman–Crippen LogP) is 3.00. The Labute approximate surface area is 130 Å². The molecule has 0 heterocycles. The molecule has 0 unspecified atom stereocenters. The summed E-state index contributed by atoms with van der Waals surface area (Å²) in [6, 6.07) is 7.82. The van der Waals surface area contributed by atoms with Crippen molar-refractivity contribution in [2.75, 3.05) is 19.5 Å². The Morgan fingerprint density at radius 1 is 1.17 bits per heavy atom. The van der Waals surface area contributed by atoms with Crippen molar-refractivity contribution in [3.63, 3.8) is 0 Å². The summed E-state index contributed by atoms with van der Waals surface area (Å²) in [5.74, 6) is -1.39. The lowest BCUT2D eigenvalue weighted by molar-refractivity contribution is -0.385. The summed E-state index contributed by atoms with van der Waals surface area (Å²) in [6.07, 6.45) is 0. The largest absolute Gasteiger partial charge is 0.494 e. The second kappa shape index (κ2) is 6.73. The second-order valence-corrected chi connectivity index (χ2v) is 4.42. The minimum absolute atomic E-state index is 0.0559. The maximum atomic E-state index is 13.6. The number of carbonyl (C=O) groups excluding carboxylic acids is 1. The molecule has 0 saturated carbocycles. The number of hydrogen-bond acceptors (Lipinski definition) is 5. The van der Waals surface area contributed by atoms with Crippen molar-refractivity contribution in [1.82, 2.24) is 0 Å². The van der Waals surface area contributed by atoms with Gasteiger partial charge in [-0.3, -0.25) is 14.9 Å². The van der Waals surface area contributed by atoms with E-state index in [1.54, 1.807) is 0 Å². The van der Waals surface area contributed by atoms with Crippen LogP contribution in [0.5, 0.6) is 11.5 Å².